The number of hydrogen-bond acceptors (Lipinski definition) is 2. The molecular weight excluding hydrogens is 422 g/mol. The van der Waals surface area contributed by atoms with E-state index < -0.39 is 27.5 Å². The lowest BCUT2D eigenvalue weighted by Crippen LogP contribution is -2.14. The first-order chi connectivity index (χ1) is 12.7. The van der Waals surface area contributed by atoms with Gasteiger partial charge >= 0.3 is 0 Å². The van der Waals surface area contributed by atoms with Gasteiger partial charge in [-0.1, -0.05) is 41.4 Å². The van der Waals surface area contributed by atoms with Gasteiger partial charge in [-0.05, 0) is 35.9 Å². The van der Waals surface area contributed by atoms with Crippen LogP contribution in [-0.4, -0.2) is 8.42 Å². The zero-order valence-electron chi connectivity index (χ0n) is 13.3. The third kappa shape index (κ3) is 4.05. The Kier molecular flexibility index (Phi) is 5.37. The van der Waals surface area contributed by atoms with E-state index in [2.05, 4.69) is 4.72 Å². The standard InChI is InChI=1S/C18H10Cl2F3NO2S/c19-13-6-10(7-14(20)18(13)23)12-8-15(21)16(22)9-17(12)24-27(25,26)11-4-2-1-3-5-11/h1-9,24H. The molecule has 3 aromatic rings. The van der Waals surface area contributed by atoms with Crippen molar-refractivity contribution in [3.8, 4) is 11.1 Å². The topological polar surface area (TPSA) is 46.2 Å². The summed E-state index contributed by atoms with van der Waals surface area (Å²) in [6, 6.07) is 11.1. The molecule has 27 heavy (non-hydrogen) atoms. The van der Waals surface area contributed by atoms with Crippen LogP contribution in [0.3, 0.4) is 0 Å². The number of sulfonamides is 1. The van der Waals surface area contributed by atoms with Gasteiger partial charge in [0.05, 0.1) is 20.6 Å². The molecule has 0 saturated heterocycles. The highest BCUT2D eigenvalue weighted by molar-refractivity contribution is 7.92. The van der Waals surface area contributed by atoms with E-state index >= 15 is 0 Å². The molecule has 0 heterocycles. The maximum atomic E-state index is 13.8. The lowest BCUT2D eigenvalue weighted by molar-refractivity contribution is 0.509. The molecule has 140 valence electrons. The third-order valence-electron chi connectivity index (χ3n) is 3.65. The Bertz CT molecular complexity index is 1100. The average Bonchev–Trinajstić information content (AvgIpc) is 2.62. The zero-order chi connectivity index (χ0) is 19.8. The Morgan fingerprint density at radius 1 is 0.815 bits per heavy atom. The summed E-state index contributed by atoms with van der Waals surface area (Å²) in [7, 11) is -4.08. The summed E-state index contributed by atoms with van der Waals surface area (Å²) in [6.07, 6.45) is 0. The number of rotatable bonds is 4. The molecule has 0 saturated carbocycles. The maximum Gasteiger partial charge on any atom is 0.261 e. The lowest BCUT2D eigenvalue weighted by atomic mass is 10.0. The minimum atomic E-state index is -4.08. The Morgan fingerprint density at radius 2 is 1.37 bits per heavy atom. The van der Waals surface area contributed by atoms with Crippen LogP contribution in [0.25, 0.3) is 11.1 Å². The first kappa shape index (κ1) is 19.5. The van der Waals surface area contributed by atoms with E-state index in [-0.39, 0.29) is 31.8 Å². The average molecular weight is 432 g/mol. The minimum absolute atomic E-state index is 0.0581. The van der Waals surface area contributed by atoms with Gasteiger partial charge in [0.25, 0.3) is 10.0 Å². The molecule has 0 aliphatic carbocycles. The molecule has 0 atom stereocenters. The normalized spacial score (nSPS) is 11.4. The van der Waals surface area contributed by atoms with Crippen LogP contribution in [0.15, 0.2) is 59.5 Å². The SMILES string of the molecule is O=S(=O)(Nc1cc(F)c(F)cc1-c1cc(Cl)c(F)c(Cl)c1)c1ccccc1. The van der Waals surface area contributed by atoms with Crippen molar-refractivity contribution >= 4 is 38.9 Å². The van der Waals surface area contributed by atoms with E-state index in [1.165, 1.54) is 24.3 Å². The van der Waals surface area contributed by atoms with Crippen LogP contribution in [0.4, 0.5) is 18.9 Å². The van der Waals surface area contributed by atoms with E-state index in [1.54, 1.807) is 6.07 Å². The Labute approximate surface area is 163 Å². The van der Waals surface area contributed by atoms with E-state index in [9.17, 15) is 21.6 Å². The highest BCUT2D eigenvalue weighted by Crippen LogP contribution is 2.36. The zero-order valence-corrected chi connectivity index (χ0v) is 15.6. The molecule has 0 bridgehead atoms. The van der Waals surface area contributed by atoms with Crippen molar-refractivity contribution in [2.75, 3.05) is 4.72 Å². The first-order valence-corrected chi connectivity index (χ1v) is 9.65. The molecule has 0 amide bonds. The number of halogens is 5. The van der Waals surface area contributed by atoms with Crippen LogP contribution in [0, 0.1) is 17.5 Å². The fourth-order valence-electron chi connectivity index (χ4n) is 2.38. The Hall–Kier alpha value is -2.22. The van der Waals surface area contributed by atoms with Crippen LogP contribution in [0.1, 0.15) is 0 Å². The summed E-state index contributed by atoms with van der Waals surface area (Å²) in [4.78, 5) is -0.0733. The van der Waals surface area contributed by atoms with Crippen molar-refractivity contribution in [2.45, 2.75) is 4.90 Å². The van der Waals surface area contributed by atoms with E-state index in [0.29, 0.717) is 6.07 Å². The smallest absolute Gasteiger partial charge is 0.261 e. The predicted octanol–water partition coefficient (Wildman–Crippen LogP) is 5.88. The number of hydrogen-bond donors (Lipinski definition) is 1. The summed E-state index contributed by atoms with van der Waals surface area (Å²) < 4.78 is 68.5. The molecule has 1 N–H and O–H groups in total. The fourth-order valence-corrected chi connectivity index (χ4v) is 3.96. The molecule has 0 aliphatic rings. The lowest BCUT2D eigenvalue weighted by Gasteiger charge is -2.14. The predicted molar refractivity (Wildman–Crippen MR) is 99.0 cm³/mol. The third-order valence-corrected chi connectivity index (χ3v) is 5.58. The van der Waals surface area contributed by atoms with Gasteiger partial charge < -0.3 is 0 Å². The molecule has 0 aliphatic heterocycles. The molecule has 0 unspecified atom stereocenters. The van der Waals surface area contributed by atoms with Crippen LogP contribution in [0.2, 0.25) is 10.0 Å². The molecule has 0 aromatic heterocycles. The highest BCUT2D eigenvalue weighted by Gasteiger charge is 2.20. The molecular formula is C18H10Cl2F3NO2S. The number of nitrogens with one attached hydrogen (secondary N) is 1. The van der Waals surface area contributed by atoms with Crippen molar-refractivity contribution in [3.63, 3.8) is 0 Å². The summed E-state index contributed by atoms with van der Waals surface area (Å²) in [5.74, 6) is -3.36. The largest absolute Gasteiger partial charge is 0.279 e. The highest BCUT2D eigenvalue weighted by atomic mass is 35.5. The van der Waals surface area contributed by atoms with Crippen molar-refractivity contribution in [3.05, 3.63) is 82.1 Å². The van der Waals surface area contributed by atoms with Crippen molar-refractivity contribution in [2.24, 2.45) is 0 Å². The summed E-state index contributed by atoms with van der Waals surface area (Å²) >= 11 is 11.5. The number of anilines is 1. The molecule has 0 fully saturated rings. The second kappa shape index (κ2) is 7.42. The van der Waals surface area contributed by atoms with Crippen molar-refractivity contribution in [1.29, 1.82) is 0 Å². The van der Waals surface area contributed by atoms with Gasteiger partial charge in [-0.3, -0.25) is 4.72 Å². The Balaban J connectivity index is 2.16. The second-order valence-electron chi connectivity index (χ2n) is 5.48. The summed E-state index contributed by atoms with van der Waals surface area (Å²) in [5, 5.41) is -0.696. The number of benzene rings is 3. The summed E-state index contributed by atoms with van der Waals surface area (Å²) in [5.41, 5.74) is -0.204. The van der Waals surface area contributed by atoms with Gasteiger partial charge in [-0.15, -0.1) is 0 Å². The summed E-state index contributed by atoms with van der Waals surface area (Å²) in [6.45, 7) is 0. The fraction of sp³-hybridized carbons (Fsp3) is 0. The Morgan fingerprint density at radius 3 is 1.96 bits per heavy atom. The van der Waals surface area contributed by atoms with Gasteiger partial charge in [0.1, 0.15) is 0 Å². The molecule has 3 nitrogen and oxygen atoms in total. The monoisotopic (exact) mass is 431 g/mol. The van der Waals surface area contributed by atoms with Crippen molar-refractivity contribution in [1.82, 2.24) is 0 Å². The first-order valence-electron chi connectivity index (χ1n) is 7.41. The van der Waals surface area contributed by atoms with Crippen LogP contribution in [-0.2, 0) is 10.0 Å². The van der Waals surface area contributed by atoms with Gasteiger partial charge in [0, 0.05) is 11.6 Å². The molecule has 0 spiro atoms. The van der Waals surface area contributed by atoms with Crippen molar-refractivity contribution < 1.29 is 21.6 Å². The van der Waals surface area contributed by atoms with Gasteiger partial charge in [-0.25, -0.2) is 21.6 Å². The van der Waals surface area contributed by atoms with Gasteiger partial charge in [-0.2, -0.15) is 0 Å². The molecule has 3 rings (SSSR count). The second-order valence-corrected chi connectivity index (χ2v) is 7.98. The van der Waals surface area contributed by atoms with E-state index in [4.69, 9.17) is 23.2 Å². The maximum absolute atomic E-state index is 13.8. The van der Waals surface area contributed by atoms with E-state index in [1.807, 2.05) is 0 Å². The van der Waals surface area contributed by atoms with E-state index in [0.717, 1.165) is 18.2 Å². The molecule has 3 aromatic carbocycles. The quantitative estimate of drug-likeness (QED) is 0.524. The van der Waals surface area contributed by atoms with Gasteiger partial charge in [0.2, 0.25) is 0 Å². The van der Waals surface area contributed by atoms with Crippen LogP contribution < -0.4 is 4.72 Å². The van der Waals surface area contributed by atoms with Crippen LogP contribution in [0.5, 0.6) is 0 Å². The minimum Gasteiger partial charge on any atom is -0.279 e. The molecule has 9 heteroatoms. The van der Waals surface area contributed by atoms with Gasteiger partial charge in [0.15, 0.2) is 17.5 Å². The molecule has 0 radical (unpaired) electrons. The van der Waals surface area contributed by atoms with Crippen LogP contribution >= 0.6 is 23.2 Å².